The number of benzene rings is 1. The van der Waals surface area contributed by atoms with Crippen LogP contribution >= 0.6 is 0 Å². The van der Waals surface area contributed by atoms with Crippen LogP contribution in [-0.2, 0) is 6.54 Å². The fourth-order valence-corrected chi connectivity index (χ4v) is 2.67. The first kappa shape index (κ1) is 18.6. The SMILES string of the molecule is CCNC(=NCc1ccccc1OCC)NCC(C)N(C)C1CC1. The van der Waals surface area contributed by atoms with Gasteiger partial charge in [0.05, 0.1) is 13.2 Å². The van der Waals surface area contributed by atoms with E-state index in [1.165, 1.54) is 12.8 Å². The monoisotopic (exact) mass is 332 g/mol. The molecule has 0 amide bonds. The second-order valence-corrected chi connectivity index (χ2v) is 6.36. The van der Waals surface area contributed by atoms with Gasteiger partial charge in [0.2, 0.25) is 0 Å². The second kappa shape index (κ2) is 9.52. The van der Waals surface area contributed by atoms with Crippen LogP contribution in [-0.4, -0.2) is 49.7 Å². The number of ether oxygens (including phenoxy) is 1. The minimum atomic E-state index is 0.497. The van der Waals surface area contributed by atoms with E-state index in [0.29, 0.717) is 19.2 Å². The van der Waals surface area contributed by atoms with Gasteiger partial charge in [-0.3, -0.25) is 4.90 Å². The van der Waals surface area contributed by atoms with E-state index < -0.39 is 0 Å². The van der Waals surface area contributed by atoms with Crippen molar-refractivity contribution in [1.29, 1.82) is 0 Å². The van der Waals surface area contributed by atoms with Gasteiger partial charge in [-0.25, -0.2) is 4.99 Å². The highest BCUT2D eigenvalue weighted by molar-refractivity contribution is 5.79. The molecule has 134 valence electrons. The molecule has 1 saturated carbocycles. The van der Waals surface area contributed by atoms with Gasteiger partial charge in [-0.2, -0.15) is 0 Å². The molecule has 1 unspecified atom stereocenters. The van der Waals surface area contributed by atoms with Gasteiger partial charge in [0, 0.05) is 30.7 Å². The number of aliphatic imine (C=N–C) groups is 1. The van der Waals surface area contributed by atoms with Crippen molar-refractivity contribution in [3.05, 3.63) is 29.8 Å². The molecule has 5 nitrogen and oxygen atoms in total. The Balaban J connectivity index is 1.92. The zero-order valence-electron chi connectivity index (χ0n) is 15.5. The number of guanidine groups is 1. The predicted octanol–water partition coefficient (Wildman–Crippen LogP) is 2.62. The van der Waals surface area contributed by atoms with Crippen molar-refractivity contribution >= 4 is 5.96 Å². The van der Waals surface area contributed by atoms with Gasteiger partial charge < -0.3 is 15.4 Å². The van der Waals surface area contributed by atoms with Crippen molar-refractivity contribution in [3.8, 4) is 5.75 Å². The molecule has 1 aromatic carbocycles. The third kappa shape index (κ3) is 5.71. The van der Waals surface area contributed by atoms with Crippen molar-refractivity contribution < 1.29 is 4.74 Å². The van der Waals surface area contributed by atoms with Crippen LogP contribution in [0.5, 0.6) is 5.75 Å². The molecule has 1 aliphatic carbocycles. The maximum absolute atomic E-state index is 5.68. The van der Waals surface area contributed by atoms with Crippen LogP contribution in [0, 0.1) is 0 Å². The molecule has 1 aromatic rings. The van der Waals surface area contributed by atoms with Crippen molar-refractivity contribution in [2.45, 2.75) is 52.2 Å². The van der Waals surface area contributed by atoms with Gasteiger partial charge in [-0.15, -0.1) is 0 Å². The number of hydrogen-bond donors (Lipinski definition) is 2. The highest BCUT2D eigenvalue weighted by Crippen LogP contribution is 2.26. The second-order valence-electron chi connectivity index (χ2n) is 6.36. The Morgan fingerprint density at radius 2 is 2.04 bits per heavy atom. The molecule has 1 fully saturated rings. The molecule has 0 bridgehead atoms. The fourth-order valence-electron chi connectivity index (χ4n) is 2.67. The number of likely N-dealkylation sites (N-methyl/N-ethyl adjacent to an activating group) is 1. The summed E-state index contributed by atoms with van der Waals surface area (Å²) in [4.78, 5) is 7.17. The normalized spacial score (nSPS) is 16.1. The minimum absolute atomic E-state index is 0.497. The number of para-hydroxylation sites is 1. The molecular weight excluding hydrogens is 300 g/mol. The van der Waals surface area contributed by atoms with E-state index >= 15 is 0 Å². The van der Waals surface area contributed by atoms with E-state index in [2.05, 4.69) is 42.5 Å². The van der Waals surface area contributed by atoms with E-state index in [0.717, 1.165) is 36.4 Å². The summed E-state index contributed by atoms with van der Waals surface area (Å²) in [6, 6.07) is 9.37. The third-order valence-corrected chi connectivity index (χ3v) is 4.41. The maximum Gasteiger partial charge on any atom is 0.191 e. The zero-order valence-corrected chi connectivity index (χ0v) is 15.5. The number of rotatable bonds is 9. The molecule has 1 aliphatic rings. The van der Waals surface area contributed by atoms with Gasteiger partial charge >= 0.3 is 0 Å². The first-order valence-electron chi connectivity index (χ1n) is 9.10. The molecule has 0 heterocycles. The van der Waals surface area contributed by atoms with Gasteiger partial charge in [0.15, 0.2) is 5.96 Å². The average Bonchev–Trinajstić information content (AvgIpc) is 3.43. The smallest absolute Gasteiger partial charge is 0.191 e. The summed E-state index contributed by atoms with van der Waals surface area (Å²) in [5.74, 6) is 1.78. The van der Waals surface area contributed by atoms with E-state index in [9.17, 15) is 0 Å². The van der Waals surface area contributed by atoms with Crippen LogP contribution in [0.2, 0.25) is 0 Å². The Labute approximate surface area is 146 Å². The van der Waals surface area contributed by atoms with Gasteiger partial charge in [-0.05, 0) is 46.7 Å². The summed E-state index contributed by atoms with van der Waals surface area (Å²) in [6.07, 6.45) is 2.67. The Hall–Kier alpha value is -1.75. The molecular formula is C19H32N4O. The molecule has 5 heteroatoms. The molecule has 0 aromatic heterocycles. The Bertz CT molecular complexity index is 528. The lowest BCUT2D eigenvalue weighted by atomic mass is 10.2. The molecule has 0 aliphatic heterocycles. The Morgan fingerprint density at radius 1 is 1.29 bits per heavy atom. The summed E-state index contributed by atoms with van der Waals surface area (Å²) in [5.41, 5.74) is 1.11. The largest absolute Gasteiger partial charge is 0.494 e. The van der Waals surface area contributed by atoms with Crippen LogP contribution < -0.4 is 15.4 Å². The molecule has 1 atom stereocenters. The van der Waals surface area contributed by atoms with Crippen molar-refractivity contribution in [2.24, 2.45) is 4.99 Å². The van der Waals surface area contributed by atoms with Crippen molar-refractivity contribution in [2.75, 3.05) is 26.7 Å². The van der Waals surface area contributed by atoms with Crippen molar-refractivity contribution in [3.63, 3.8) is 0 Å². The molecule has 0 saturated heterocycles. The molecule has 24 heavy (non-hydrogen) atoms. The highest BCUT2D eigenvalue weighted by Gasteiger charge is 2.28. The number of nitrogens with one attached hydrogen (secondary N) is 2. The maximum atomic E-state index is 5.68. The first-order valence-corrected chi connectivity index (χ1v) is 9.10. The van der Waals surface area contributed by atoms with Crippen LogP contribution in [0.1, 0.15) is 39.2 Å². The lowest BCUT2D eigenvalue weighted by Gasteiger charge is -2.25. The van der Waals surface area contributed by atoms with Crippen LogP contribution in [0.4, 0.5) is 0 Å². The van der Waals surface area contributed by atoms with Crippen LogP contribution in [0.15, 0.2) is 29.3 Å². The van der Waals surface area contributed by atoms with Crippen LogP contribution in [0.3, 0.4) is 0 Å². The summed E-state index contributed by atoms with van der Waals surface area (Å²) in [5, 5.41) is 6.79. The predicted molar refractivity (Wildman–Crippen MR) is 101 cm³/mol. The molecule has 2 rings (SSSR count). The average molecular weight is 332 g/mol. The first-order chi connectivity index (χ1) is 11.7. The fraction of sp³-hybridized carbons (Fsp3) is 0.632. The summed E-state index contributed by atoms with van der Waals surface area (Å²) < 4.78 is 5.68. The number of hydrogen-bond acceptors (Lipinski definition) is 3. The van der Waals surface area contributed by atoms with Gasteiger partial charge in [0.25, 0.3) is 0 Å². The summed E-state index contributed by atoms with van der Waals surface area (Å²) >= 11 is 0. The Morgan fingerprint density at radius 3 is 2.71 bits per heavy atom. The third-order valence-electron chi connectivity index (χ3n) is 4.41. The summed E-state index contributed by atoms with van der Waals surface area (Å²) in [7, 11) is 2.21. The lowest BCUT2D eigenvalue weighted by Crippen LogP contribution is -2.45. The van der Waals surface area contributed by atoms with E-state index in [-0.39, 0.29) is 0 Å². The standard InChI is InChI=1S/C19H32N4O/c1-5-20-19(21-13-15(3)23(4)17-11-12-17)22-14-16-9-7-8-10-18(16)24-6-2/h7-10,15,17H,5-6,11-14H2,1-4H3,(H2,20,21,22). The van der Waals surface area contributed by atoms with Gasteiger partial charge in [-0.1, -0.05) is 18.2 Å². The van der Waals surface area contributed by atoms with Crippen molar-refractivity contribution in [1.82, 2.24) is 15.5 Å². The summed E-state index contributed by atoms with van der Waals surface area (Å²) in [6.45, 7) is 9.38. The minimum Gasteiger partial charge on any atom is -0.494 e. The molecule has 2 N–H and O–H groups in total. The quantitative estimate of drug-likeness (QED) is 0.539. The number of nitrogens with zero attached hydrogens (tertiary/aromatic N) is 2. The van der Waals surface area contributed by atoms with E-state index in [1.54, 1.807) is 0 Å². The highest BCUT2D eigenvalue weighted by atomic mass is 16.5. The Kier molecular flexibility index (Phi) is 7.37. The lowest BCUT2D eigenvalue weighted by molar-refractivity contribution is 0.247. The van der Waals surface area contributed by atoms with Gasteiger partial charge in [0.1, 0.15) is 5.75 Å². The van der Waals surface area contributed by atoms with E-state index in [1.807, 2.05) is 25.1 Å². The topological polar surface area (TPSA) is 48.9 Å². The van der Waals surface area contributed by atoms with E-state index in [4.69, 9.17) is 9.73 Å². The zero-order chi connectivity index (χ0) is 17.4. The van der Waals surface area contributed by atoms with Crippen LogP contribution in [0.25, 0.3) is 0 Å². The molecule has 0 spiro atoms. The molecule has 0 radical (unpaired) electrons.